The van der Waals surface area contributed by atoms with Crippen LogP contribution in [0.4, 0.5) is 4.39 Å². The van der Waals surface area contributed by atoms with Gasteiger partial charge in [-0.2, -0.15) is 0 Å². The molecule has 3 aromatic rings. The molecule has 1 amide bonds. The van der Waals surface area contributed by atoms with Crippen molar-refractivity contribution in [1.29, 1.82) is 0 Å². The summed E-state index contributed by atoms with van der Waals surface area (Å²) in [7, 11) is 0. The zero-order valence-corrected chi connectivity index (χ0v) is 16.2. The van der Waals surface area contributed by atoms with E-state index in [2.05, 4.69) is 5.32 Å². The molecule has 0 saturated heterocycles. The molecule has 0 aliphatic heterocycles. The fraction of sp³-hybridized carbons (Fsp3) is 0.130. The lowest BCUT2D eigenvalue weighted by molar-refractivity contribution is -0.147. The molecule has 1 atom stereocenters. The van der Waals surface area contributed by atoms with Gasteiger partial charge in [0.2, 0.25) is 0 Å². The molecule has 1 N–H and O–H groups in total. The number of hydrogen-bond donors (Lipinski definition) is 1. The third-order valence-corrected chi connectivity index (χ3v) is 4.68. The standard InChI is InChI=1S/C23H19ClFNO3/c24-19-12-7-13-20(25)18(19)15-29-23(28)21(14-16-8-3-1-4-9-16)26-22(27)17-10-5-2-6-11-17/h1-13,21H,14-15H2,(H,26,27)/t21-/m1/s1. The van der Waals surface area contributed by atoms with Crippen LogP contribution in [0.5, 0.6) is 0 Å². The lowest BCUT2D eigenvalue weighted by Crippen LogP contribution is -2.43. The van der Waals surface area contributed by atoms with Gasteiger partial charge in [0.05, 0.1) is 5.02 Å². The molecule has 29 heavy (non-hydrogen) atoms. The number of carbonyl (C=O) groups excluding carboxylic acids is 2. The summed E-state index contributed by atoms with van der Waals surface area (Å²) in [6, 6.07) is 21.1. The average molecular weight is 412 g/mol. The van der Waals surface area contributed by atoms with Crippen LogP contribution in [0, 0.1) is 5.82 Å². The van der Waals surface area contributed by atoms with Gasteiger partial charge < -0.3 is 10.1 Å². The third kappa shape index (κ3) is 5.65. The highest BCUT2D eigenvalue weighted by Gasteiger charge is 2.24. The zero-order valence-electron chi connectivity index (χ0n) is 15.5. The van der Waals surface area contributed by atoms with Crippen LogP contribution >= 0.6 is 11.6 Å². The normalized spacial score (nSPS) is 11.5. The summed E-state index contributed by atoms with van der Waals surface area (Å²) >= 11 is 5.99. The Morgan fingerprint density at radius 1 is 0.931 bits per heavy atom. The van der Waals surface area contributed by atoms with Crippen molar-refractivity contribution in [2.45, 2.75) is 19.1 Å². The van der Waals surface area contributed by atoms with Crippen LogP contribution in [0.3, 0.4) is 0 Å². The van der Waals surface area contributed by atoms with E-state index in [1.54, 1.807) is 30.3 Å². The highest BCUT2D eigenvalue weighted by atomic mass is 35.5. The Kier molecular flexibility index (Phi) is 6.98. The molecule has 3 aromatic carbocycles. The van der Waals surface area contributed by atoms with Gasteiger partial charge in [-0.1, -0.05) is 66.2 Å². The lowest BCUT2D eigenvalue weighted by Gasteiger charge is -2.18. The summed E-state index contributed by atoms with van der Waals surface area (Å²) in [5.41, 5.74) is 1.37. The topological polar surface area (TPSA) is 55.4 Å². The molecule has 0 unspecified atom stereocenters. The van der Waals surface area contributed by atoms with Crippen molar-refractivity contribution in [3.8, 4) is 0 Å². The van der Waals surface area contributed by atoms with Crippen LogP contribution in [0.25, 0.3) is 0 Å². The van der Waals surface area contributed by atoms with E-state index < -0.39 is 23.7 Å². The van der Waals surface area contributed by atoms with Crippen molar-refractivity contribution < 1.29 is 18.7 Å². The van der Waals surface area contributed by atoms with Crippen molar-refractivity contribution in [3.63, 3.8) is 0 Å². The Bertz CT molecular complexity index is 960. The van der Waals surface area contributed by atoms with Crippen molar-refractivity contribution in [2.75, 3.05) is 0 Å². The molecule has 6 heteroatoms. The summed E-state index contributed by atoms with van der Waals surface area (Å²) in [5.74, 6) is -1.62. The summed E-state index contributed by atoms with van der Waals surface area (Å²) in [6.07, 6.45) is 0.239. The number of amides is 1. The fourth-order valence-electron chi connectivity index (χ4n) is 2.79. The molecular weight excluding hydrogens is 393 g/mol. The summed E-state index contributed by atoms with van der Waals surface area (Å²) in [6.45, 7) is -0.323. The van der Waals surface area contributed by atoms with Crippen LogP contribution in [-0.2, 0) is 22.6 Å². The number of nitrogens with one attached hydrogen (secondary N) is 1. The first-order valence-electron chi connectivity index (χ1n) is 9.04. The fourth-order valence-corrected chi connectivity index (χ4v) is 3.01. The zero-order chi connectivity index (χ0) is 20.6. The highest BCUT2D eigenvalue weighted by Crippen LogP contribution is 2.20. The second kappa shape index (κ2) is 9.85. The van der Waals surface area contributed by atoms with Gasteiger partial charge in [-0.3, -0.25) is 4.79 Å². The van der Waals surface area contributed by atoms with E-state index in [9.17, 15) is 14.0 Å². The molecule has 0 aliphatic rings. The Hall–Kier alpha value is -3.18. The van der Waals surface area contributed by atoms with Gasteiger partial charge in [-0.25, -0.2) is 9.18 Å². The molecule has 148 valence electrons. The maximum absolute atomic E-state index is 13.9. The van der Waals surface area contributed by atoms with E-state index in [1.807, 2.05) is 30.3 Å². The average Bonchev–Trinajstić information content (AvgIpc) is 2.74. The predicted molar refractivity (Wildman–Crippen MR) is 109 cm³/mol. The molecule has 3 rings (SSSR count). The Balaban J connectivity index is 1.74. The number of carbonyl (C=O) groups is 2. The molecule has 0 saturated carbocycles. The Labute approximate surface area is 173 Å². The largest absolute Gasteiger partial charge is 0.459 e. The second-order valence-electron chi connectivity index (χ2n) is 6.39. The van der Waals surface area contributed by atoms with Gasteiger partial charge in [0, 0.05) is 17.5 Å². The molecule has 0 aromatic heterocycles. The van der Waals surface area contributed by atoms with Gasteiger partial charge in [-0.05, 0) is 29.8 Å². The number of rotatable bonds is 7. The maximum Gasteiger partial charge on any atom is 0.329 e. The van der Waals surface area contributed by atoms with Gasteiger partial charge in [0.1, 0.15) is 18.5 Å². The first-order chi connectivity index (χ1) is 14.0. The minimum Gasteiger partial charge on any atom is -0.459 e. The summed E-state index contributed by atoms with van der Waals surface area (Å²) in [4.78, 5) is 25.2. The quantitative estimate of drug-likeness (QED) is 0.580. The van der Waals surface area contributed by atoms with E-state index in [1.165, 1.54) is 18.2 Å². The van der Waals surface area contributed by atoms with E-state index in [0.717, 1.165) is 5.56 Å². The SMILES string of the molecule is O=C(N[C@H](Cc1ccccc1)C(=O)OCc1c(F)cccc1Cl)c1ccccc1. The van der Waals surface area contributed by atoms with Crippen molar-refractivity contribution in [1.82, 2.24) is 5.32 Å². The predicted octanol–water partition coefficient (Wildman–Crippen LogP) is 4.56. The maximum atomic E-state index is 13.9. The van der Waals surface area contributed by atoms with Gasteiger partial charge >= 0.3 is 5.97 Å². The molecule has 0 heterocycles. The molecule has 0 aliphatic carbocycles. The van der Waals surface area contributed by atoms with E-state index in [-0.39, 0.29) is 23.6 Å². The van der Waals surface area contributed by atoms with Crippen LogP contribution < -0.4 is 5.32 Å². The molecular formula is C23H19ClFNO3. The van der Waals surface area contributed by atoms with Gasteiger partial charge in [0.25, 0.3) is 5.91 Å². The Morgan fingerprint density at radius 3 is 2.24 bits per heavy atom. The monoisotopic (exact) mass is 411 g/mol. The lowest BCUT2D eigenvalue weighted by atomic mass is 10.1. The number of benzene rings is 3. The minimum absolute atomic E-state index is 0.0929. The summed E-state index contributed by atoms with van der Waals surface area (Å²) in [5, 5.41) is 2.88. The van der Waals surface area contributed by atoms with Crippen LogP contribution in [-0.4, -0.2) is 17.9 Å². The second-order valence-corrected chi connectivity index (χ2v) is 6.80. The van der Waals surface area contributed by atoms with Crippen LogP contribution in [0.1, 0.15) is 21.5 Å². The van der Waals surface area contributed by atoms with E-state index in [4.69, 9.17) is 16.3 Å². The molecule has 0 spiro atoms. The highest BCUT2D eigenvalue weighted by molar-refractivity contribution is 6.31. The number of halogens is 2. The summed E-state index contributed by atoms with van der Waals surface area (Å²) < 4.78 is 19.2. The number of esters is 1. The van der Waals surface area contributed by atoms with Crippen LogP contribution in [0.2, 0.25) is 5.02 Å². The molecule has 4 nitrogen and oxygen atoms in total. The van der Waals surface area contributed by atoms with Crippen molar-refractivity contribution in [3.05, 3.63) is 106 Å². The van der Waals surface area contributed by atoms with Crippen LogP contribution in [0.15, 0.2) is 78.9 Å². The number of ether oxygens (including phenoxy) is 1. The van der Waals surface area contributed by atoms with Crippen molar-refractivity contribution >= 4 is 23.5 Å². The molecule has 0 fully saturated rings. The Morgan fingerprint density at radius 2 is 1.59 bits per heavy atom. The van der Waals surface area contributed by atoms with E-state index in [0.29, 0.717) is 5.56 Å². The molecule has 0 radical (unpaired) electrons. The van der Waals surface area contributed by atoms with Crippen molar-refractivity contribution in [2.24, 2.45) is 0 Å². The molecule has 0 bridgehead atoms. The first kappa shape index (κ1) is 20.6. The minimum atomic E-state index is -0.935. The third-order valence-electron chi connectivity index (χ3n) is 4.33. The first-order valence-corrected chi connectivity index (χ1v) is 9.42. The van der Waals surface area contributed by atoms with Gasteiger partial charge in [-0.15, -0.1) is 0 Å². The van der Waals surface area contributed by atoms with E-state index >= 15 is 0 Å². The van der Waals surface area contributed by atoms with Gasteiger partial charge in [0.15, 0.2) is 0 Å². The number of hydrogen-bond acceptors (Lipinski definition) is 3. The smallest absolute Gasteiger partial charge is 0.329 e.